The van der Waals surface area contributed by atoms with E-state index in [0.717, 1.165) is 25.3 Å². The van der Waals surface area contributed by atoms with Gasteiger partial charge in [-0.1, -0.05) is 19.3 Å². The minimum Gasteiger partial charge on any atom is -0.480 e. The minimum absolute atomic E-state index is 0.176. The topological polar surface area (TPSA) is 99.3 Å². The van der Waals surface area contributed by atoms with Crippen molar-refractivity contribution in [2.24, 2.45) is 0 Å². The Bertz CT molecular complexity index is 544. The molecule has 6 nitrogen and oxygen atoms in total. The highest BCUT2D eigenvalue weighted by molar-refractivity contribution is 5.97. The van der Waals surface area contributed by atoms with Gasteiger partial charge in [-0.05, 0) is 18.9 Å². The van der Waals surface area contributed by atoms with Crippen molar-refractivity contribution < 1.29 is 14.7 Å². The highest BCUT2D eigenvalue weighted by atomic mass is 16.4. The fraction of sp³-hybridized carbons (Fsp3) is 0.462. The molecule has 3 N–H and O–H groups in total. The minimum atomic E-state index is -1.20. The van der Waals surface area contributed by atoms with Gasteiger partial charge >= 0.3 is 5.97 Å². The van der Waals surface area contributed by atoms with Crippen LogP contribution in [0.4, 0.5) is 0 Å². The molecule has 1 saturated carbocycles. The number of amides is 1. The van der Waals surface area contributed by atoms with Crippen LogP contribution in [0, 0.1) is 0 Å². The van der Waals surface area contributed by atoms with Gasteiger partial charge in [0.1, 0.15) is 5.54 Å². The third kappa shape index (κ3) is 2.83. The number of aromatic nitrogens is 1. The van der Waals surface area contributed by atoms with Crippen LogP contribution in [0.25, 0.3) is 0 Å². The summed E-state index contributed by atoms with van der Waals surface area (Å²) in [6, 6.07) is 2.61. The molecule has 1 fully saturated rings. The van der Waals surface area contributed by atoms with Crippen LogP contribution in [0.2, 0.25) is 0 Å². The van der Waals surface area contributed by atoms with Crippen molar-refractivity contribution in [2.75, 3.05) is 0 Å². The van der Waals surface area contributed by atoms with Crippen molar-refractivity contribution >= 4 is 11.9 Å². The van der Waals surface area contributed by atoms with Gasteiger partial charge in [-0.15, -0.1) is 0 Å². The quantitative estimate of drug-likeness (QED) is 0.755. The predicted octanol–water partition coefficient (Wildman–Crippen LogP) is 0.892. The molecule has 0 aromatic carbocycles. The molecule has 1 aliphatic rings. The van der Waals surface area contributed by atoms with Crippen LogP contribution in [0.3, 0.4) is 0 Å². The lowest BCUT2D eigenvalue weighted by Crippen LogP contribution is -2.55. The van der Waals surface area contributed by atoms with Crippen molar-refractivity contribution in [3.63, 3.8) is 0 Å². The summed E-state index contributed by atoms with van der Waals surface area (Å²) in [6.45, 7) is 0. The number of nitrogens with one attached hydrogen (secondary N) is 2. The Hall–Kier alpha value is -2.11. The zero-order valence-electron chi connectivity index (χ0n) is 10.4. The zero-order valence-corrected chi connectivity index (χ0v) is 10.4. The van der Waals surface area contributed by atoms with Gasteiger partial charge in [-0.25, -0.2) is 4.79 Å². The van der Waals surface area contributed by atoms with Crippen LogP contribution in [0.15, 0.2) is 23.1 Å². The molecular formula is C13H16N2O4. The SMILES string of the molecule is O=C(NC1(C(=O)O)CCCCC1)c1cc[nH]c(=O)c1. The molecule has 2 rings (SSSR count). The summed E-state index contributed by atoms with van der Waals surface area (Å²) in [5.74, 6) is -1.53. The van der Waals surface area contributed by atoms with Gasteiger partial charge in [-0.3, -0.25) is 9.59 Å². The Morgan fingerprint density at radius 1 is 1.26 bits per heavy atom. The van der Waals surface area contributed by atoms with Gasteiger partial charge in [0.25, 0.3) is 5.91 Å². The van der Waals surface area contributed by atoms with Gasteiger partial charge in [0.05, 0.1) is 0 Å². The number of carboxylic acid groups (broad SMARTS) is 1. The number of carbonyl (C=O) groups is 2. The highest BCUT2D eigenvalue weighted by Crippen LogP contribution is 2.28. The summed E-state index contributed by atoms with van der Waals surface area (Å²) in [5, 5.41) is 11.9. The smallest absolute Gasteiger partial charge is 0.329 e. The molecule has 0 atom stereocenters. The standard InChI is InChI=1S/C13H16N2O4/c16-10-8-9(4-7-14-10)11(17)15-13(12(18)19)5-2-1-3-6-13/h4,7-8H,1-3,5-6H2,(H,14,16)(H,15,17)(H,18,19). The van der Waals surface area contributed by atoms with Gasteiger partial charge in [0.2, 0.25) is 5.56 Å². The Morgan fingerprint density at radius 2 is 1.95 bits per heavy atom. The summed E-state index contributed by atoms with van der Waals surface area (Å²) < 4.78 is 0. The van der Waals surface area contributed by atoms with Gasteiger partial charge in [0.15, 0.2) is 0 Å². The first kappa shape index (κ1) is 13.3. The van der Waals surface area contributed by atoms with E-state index < -0.39 is 17.4 Å². The van der Waals surface area contributed by atoms with Crippen LogP contribution < -0.4 is 10.9 Å². The molecule has 1 aromatic rings. The Balaban J connectivity index is 2.20. The lowest BCUT2D eigenvalue weighted by Gasteiger charge is -2.33. The number of aliphatic carboxylic acids is 1. The van der Waals surface area contributed by atoms with Crippen molar-refractivity contribution in [1.29, 1.82) is 0 Å². The summed E-state index contributed by atoms with van der Waals surface area (Å²) >= 11 is 0. The van der Waals surface area contributed by atoms with Gasteiger partial charge in [-0.2, -0.15) is 0 Å². The number of carboxylic acids is 1. The monoisotopic (exact) mass is 264 g/mol. The van der Waals surface area contributed by atoms with E-state index in [-0.39, 0.29) is 11.1 Å². The van der Waals surface area contributed by atoms with Crippen molar-refractivity contribution in [3.8, 4) is 0 Å². The second-order valence-corrected chi connectivity index (χ2v) is 4.84. The molecule has 6 heteroatoms. The van der Waals surface area contributed by atoms with E-state index >= 15 is 0 Å². The molecule has 1 heterocycles. The molecule has 0 spiro atoms. The van der Waals surface area contributed by atoms with Crippen molar-refractivity contribution in [3.05, 3.63) is 34.2 Å². The molecule has 1 aromatic heterocycles. The lowest BCUT2D eigenvalue weighted by molar-refractivity contribution is -0.145. The van der Waals surface area contributed by atoms with Crippen LogP contribution in [0.1, 0.15) is 42.5 Å². The van der Waals surface area contributed by atoms with Crippen LogP contribution in [-0.4, -0.2) is 27.5 Å². The predicted molar refractivity (Wildman–Crippen MR) is 68.0 cm³/mol. The van der Waals surface area contributed by atoms with E-state index in [1.807, 2.05) is 0 Å². The molecule has 1 amide bonds. The number of rotatable bonds is 3. The van der Waals surface area contributed by atoms with Crippen molar-refractivity contribution in [2.45, 2.75) is 37.6 Å². The lowest BCUT2D eigenvalue weighted by atomic mass is 9.81. The maximum absolute atomic E-state index is 12.0. The second-order valence-electron chi connectivity index (χ2n) is 4.84. The summed E-state index contributed by atoms with van der Waals surface area (Å²) in [4.78, 5) is 37.0. The third-order valence-electron chi connectivity index (χ3n) is 3.51. The van der Waals surface area contributed by atoms with Crippen LogP contribution >= 0.6 is 0 Å². The fourth-order valence-corrected chi connectivity index (χ4v) is 2.42. The van der Waals surface area contributed by atoms with E-state index in [1.165, 1.54) is 12.3 Å². The van der Waals surface area contributed by atoms with E-state index in [9.17, 15) is 19.5 Å². The van der Waals surface area contributed by atoms with E-state index in [4.69, 9.17) is 0 Å². The third-order valence-corrected chi connectivity index (χ3v) is 3.51. The van der Waals surface area contributed by atoms with Crippen molar-refractivity contribution in [1.82, 2.24) is 10.3 Å². The second kappa shape index (κ2) is 5.26. The average molecular weight is 264 g/mol. The molecule has 0 aliphatic heterocycles. The largest absolute Gasteiger partial charge is 0.480 e. The summed E-state index contributed by atoms with van der Waals surface area (Å²) in [5.41, 5.74) is -1.41. The number of H-pyrrole nitrogens is 1. The summed E-state index contributed by atoms with van der Waals surface area (Å²) in [7, 11) is 0. The number of aromatic amines is 1. The molecular weight excluding hydrogens is 248 g/mol. The maximum Gasteiger partial charge on any atom is 0.329 e. The molecule has 0 bridgehead atoms. The van der Waals surface area contributed by atoms with E-state index in [2.05, 4.69) is 10.3 Å². The number of pyridine rings is 1. The van der Waals surface area contributed by atoms with Gasteiger partial charge < -0.3 is 15.4 Å². The van der Waals surface area contributed by atoms with Crippen LogP contribution in [-0.2, 0) is 4.79 Å². The molecule has 102 valence electrons. The summed E-state index contributed by atoms with van der Waals surface area (Å²) in [6.07, 6.45) is 4.76. The molecule has 19 heavy (non-hydrogen) atoms. The molecule has 0 radical (unpaired) electrons. The van der Waals surface area contributed by atoms with E-state index in [0.29, 0.717) is 12.8 Å². The molecule has 0 saturated heterocycles. The van der Waals surface area contributed by atoms with Crippen LogP contribution in [0.5, 0.6) is 0 Å². The molecule has 1 aliphatic carbocycles. The van der Waals surface area contributed by atoms with Gasteiger partial charge in [0, 0.05) is 17.8 Å². The Morgan fingerprint density at radius 3 is 2.53 bits per heavy atom. The fourth-order valence-electron chi connectivity index (χ4n) is 2.42. The zero-order chi connectivity index (χ0) is 13.9. The highest BCUT2D eigenvalue weighted by Gasteiger charge is 2.41. The number of carbonyl (C=O) groups excluding carboxylic acids is 1. The number of hydrogen-bond donors (Lipinski definition) is 3. The molecule has 0 unspecified atom stereocenters. The first-order chi connectivity index (χ1) is 9.03. The Labute approximate surface area is 109 Å². The van der Waals surface area contributed by atoms with E-state index in [1.54, 1.807) is 0 Å². The first-order valence-corrected chi connectivity index (χ1v) is 6.28. The normalized spacial score (nSPS) is 17.7. The first-order valence-electron chi connectivity index (χ1n) is 6.28. The number of hydrogen-bond acceptors (Lipinski definition) is 3. The Kier molecular flexibility index (Phi) is 3.69. The maximum atomic E-state index is 12.0. The average Bonchev–Trinajstić information content (AvgIpc) is 2.39.